The second-order valence-corrected chi connectivity index (χ2v) is 5.83. The first-order valence-electron chi connectivity index (χ1n) is 7.42. The van der Waals surface area contributed by atoms with Gasteiger partial charge in [-0.2, -0.15) is 0 Å². The van der Waals surface area contributed by atoms with Gasteiger partial charge in [-0.25, -0.2) is 9.18 Å². The quantitative estimate of drug-likeness (QED) is 0.847. The second kappa shape index (κ2) is 7.98. The molecule has 22 heavy (non-hydrogen) atoms. The lowest BCUT2D eigenvalue weighted by Gasteiger charge is -2.28. The molecule has 2 N–H and O–H groups in total. The van der Waals surface area contributed by atoms with Gasteiger partial charge in [-0.1, -0.05) is 0 Å². The molecule has 124 valence electrons. The fourth-order valence-electron chi connectivity index (χ4n) is 1.94. The molecule has 1 atom stereocenters. The van der Waals surface area contributed by atoms with Gasteiger partial charge in [0.05, 0.1) is 17.9 Å². The zero-order valence-electron chi connectivity index (χ0n) is 13.8. The Bertz CT molecular complexity index is 504. The van der Waals surface area contributed by atoms with E-state index in [4.69, 9.17) is 4.74 Å². The van der Waals surface area contributed by atoms with E-state index < -0.39 is 18.0 Å². The van der Waals surface area contributed by atoms with Gasteiger partial charge >= 0.3 is 6.03 Å². The summed E-state index contributed by atoms with van der Waals surface area (Å²) in [6, 6.07) is 3.75. The number of aliphatic hydroxyl groups is 1. The molecule has 0 bridgehead atoms. The Hall–Kier alpha value is -1.82. The van der Waals surface area contributed by atoms with Crippen molar-refractivity contribution in [2.24, 2.45) is 0 Å². The molecule has 1 aromatic rings. The van der Waals surface area contributed by atoms with Crippen molar-refractivity contribution in [1.82, 2.24) is 4.90 Å². The van der Waals surface area contributed by atoms with Crippen molar-refractivity contribution in [3.8, 4) is 5.75 Å². The van der Waals surface area contributed by atoms with Gasteiger partial charge in [-0.3, -0.25) is 0 Å². The first-order valence-corrected chi connectivity index (χ1v) is 7.42. The van der Waals surface area contributed by atoms with Gasteiger partial charge < -0.3 is 20.1 Å². The SMILES string of the molecule is CC(O)CN(C(=O)Nc1ccc(OC(C)C)cc1F)C(C)C. The Labute approximate surface area is 131 Å². The highest BCUT2D eigenvalue weighted by atomic mass is 19.1. The molecule has 0 heterocycles. The highest BCUT2D eigenvalue weighted by Crippen LogP contribution is 2.22. The summed E-state index contributed by atoms with van der Waals surface area (Å²) in [4.78, 5) is 13.7. The maximum atomic E-state index is 14.0. The van der Waals surface area contributed by atoms with Gasteiger partial charge in [0, 0.05) is 18.7 Å². The Morgan fingerprint density at radius 3 is 2.41 bits per heavy atom. The Balaban J connectivity index is 2.82. The highest BCUT2D eigenvalue weighted by molar-refractivity contribution is 5.89. The molecular weight excluding hydrogens is 287 g/mol. The lowest BCUT2D eigenvalue weighted by atomic mass is 10.2. The first-order chi connectivity index (χ1) is 10.2. The Kier molecular flexibility index (Phi) is 6.61. The predicted octanol–water partition coefficient (Wildman–Crippen LogP) is 3.24. The number of carbonyl (C=O) groups is 1. The summed E-state index contributed by atoms with van der Waals surface area (Å²) in [5, 5.41) is 12.0. The van der Waals surface area contributed by atoms with Gasteiger partial charge in [0.25, 0.3) is 0 Å². The zero-order chi connectivity index (χ0) is 16.9. The lowest BCUT2D eigenvalue weighted by Crippen LogP contribution is -2.43. The standard InChI is InChI=1S/C16H25FN2O3/c1-10(2)19(9-12(5)20)16(21)18-15-7-6-13(8-14(15)17)22-11(3)4/h6-8,10-12,20H,9H2,1-5H3,(H,18,21). The summed E-state index contributed by atoms with van der Waals surface area (Å²) in [6.07, 6.45) is -0.706. The number of benzene rings is 1. The van der Waals surface area contributed by atoms with E-state index in [0.29, 0.717) is 5.75 Å². The number of carbonyl (C=O) groups excluding carboxylic acids is 1. The molecular formula is C16H25FN2O3. The Morgan fingerprint density at radius 2 is 1.95 bits per heavy atom. The number of hydrogen-bond acceptors (Lipinski definition) is 3. The molecule has 1 rings (SSSR count). The lowest BCUT2D eigenvalue weighted by molar-refractivity contribution is 0.125. The molecule has 0 saturated heterocycles. The van der Waals surface area contributed by atoms with Crippen LogP contribution in [0.1, 0.15) is 34.6 Å². The van der Waals surface area contributed by atoms with Crippen LogP contribution in [0.3, 0.4) is 0 Å². The third-order valence-corrected chi connectivity index (χ3v) is 2.90. The molecule has 0 aliphatic heterocycles. The van der Waals surface area contributed by atoms with Crippen LogP contribution in [0.2, 0.25) is 0 Å². The van der Waals surface area contributed by atoms with Crippen molar-refractivity contribution in [1.29, 1.82) is 0 Å². The van der Waals surface area contributed by atoms with E-state index in [9.17, 15) is 14.3 Å². The van der Waals surface area contributed by atoms with Crippen LogP contribution >= 0.6 is 0 Å². The molecule has 1 unspecified atom stereocenters. The number of nitrogens with one attached hydrogen (secondary N) is 1. The van der Waals surface area contributed by atoms with E-state index in [0.717, 1.165) is 0 Å². The van der Waals surface area contributed by atoms with Crippen molar-refractivity contribution < 1.29 is 19.0 Å². The van der Waals surface area contributed by atoms with Gasteiger partial charge in [0.1, 0.15) is 11.6 Å². The summed E-state index contributed by atoms with van der Waals surface area (Å²) in [5.74, 6) is -0.151. The summed E-state index contributed by atoms with van der Waals surface area (Å²) in [5.41, 5.74) is 0.0809. The topological polar surface area (TPSA) is 61.8 Å². The van der Waals surface area contributed by atoms with Gasteiger partial charge in [-0.05, 0) is 46.8 Å². The van der Waals surface area contributed by atoms with E-state index in [1.54, 1.807) is 13.0 Å². The van der Waals surface area contributed by atoms with Gasteiger partial charge in [0.2, 0.25) is 0 Å². The number of nitrogens with zero attached hydrogens (tertiary/aromatic N) is 1. The van der Waals surface area contributed by atoms with E-state index in [-0.39, 0.29) is 24.4 Å². The van der Waals surface area contributed by atoms with E-state index in [1.807, 2.05) is 27.7 Å². The molecule has 0 aliphatic carbocycles. The average molecular weight is 312 g/mol. The van der Waals surface area contributed by atoms with Crippen LogP contribution in [0, 0.1) is 5.82 Å². The predicted molar refractivity (Wildman–Crippen MR) is 84.7 cm³/mol. The van der Waals surface area contributed by atoms with Crippen molar-refractivity contribution in [3.05, 3.63) is 24.0 Å². The third kappa shape index (κ3) is 5.52. The van der Waals surface area contributed by atoms with Crippen LogP contribution in [0.25, 0.3) is 0 Å². The van der Waals surface area contributed by atoms with Crippen molar-refractivity contribution in [2.75, 3.05) is 11.9 Å². The largest absolute Gasteiger partial charge is 0.491 e. The molecule has 0 aliphatic rings. The number of aliphatic hydroxyl groups excluding tert-OH is 1. The minimum absolute atomic E-state index is 0.0534. The molecule has 0 spiro atoms. The minimum Gasteiger partial charge on any atom is -0.491 e. The molecule has 0 aromatic heterocycles. The first kappa shape index (κ1) is 18.2. The van der Waals surface area contributed by atoms with Gasteiger partial charge in [-0.15, -0.1) is 0 Å². The van der Waals surface area contributed by atoms with Crippen molar-refractivity contribution in [2.45, 2.75) is 52.9 Å². The van der Waals surface area contributed by atoms with Crippen LogP contribution in [0.5, 0.6) is 5.75 Å². The average Bonchev–Trinajstić information content (AvgIpc) is 2.37. The molecule has 0 radical (unpaired) electrons. The summed E-state index contributed by atoms with van der Waals surface area (Å²) < 4.78 is 19.4. The second-order valence-electron chi connectivity index (χ2n) is 5.83. The van der Waals surface area contributed by atoms with Crippen LogP contribution in [0.15, 0.2) is 18.2 Å². The maximum absolute atomic E-state index is 14.0. The maximum Gasteiger partial charge on any atom is 0.322 e. The van der Waals surface area contributed by atoms with Crippen LogP contribution in [-0.2, 0) is 0 Å². The summed E-state index contributed by atoms with van der Waals surface area (Å²) >= 11 is 0. The van der Waals surface area contributed by atoms with E-state index >= 15 is 0 Å². The summed E-state index contributed by atoms with van der Waals surface area (Å²) in [7, 11) is 0. The van der Waals surface area contributed by atoms with Gasteiger partial charge in [0.15, 0.2) is 0 Å². The minimum atomic E-state index is -0.653. The highest BCUT2D eigenvalue weighted by Gasteiger charge is 2.20. The molecule has 1 aromatic carbocycles. The molecule has 0 saturated carbocycles. The Morgan fingerprint density at radius 1 is 1.32 bits per heavy atom. The number of rotatable bonds is 6. The number of urea groups is 1. The molecule has 5 nitrogen and oxygen atoms in total. The fraction of sp³-hybridized carbons (Fsp3) is 0.562. The number of ether oxygens (including phenoxy) is 1. The monoisotopic (exact) mass is 312 g/mol. The van der Waals surface area contributed by atoms with E-state index in [2.05, 4.69) is 5.32 Å². The van der Waals surface area contributed by atoms with Crippen molar-refractivity contribution >= 4 is 11.7 Å². The van der Waals surface area contributed by atoms with Crippen LogP contribution in [0.4, 0.5) is 14.9 Å². The zero-order valence-corrected chi connectivity index (χ0v) is 13.8. The number of halogens is 1. The molecule has 6 heteroatoms. The molecule has 2 amide bonds. The van der Waals surface area contributed by atoms with Crippen molar-refractivity contribution in [3.63, 3.8) is 0 Å². The number of amides is 2. The van der Waals surface area contributed by atoms with Crippen LogP contribution in [-0.4, -0.2) is 40.8 Å². The molecule has 0 fully saturated rings. The normalized spacial score (nSPS) is 12.4. The van der Waals surface area contributed by atoms with Crippen LogP contribution < -0.4 is 10.1 Å². The number of hydrogen-bond donors (Lipinski definition) is 2. The third-order valence-electron chi connectivity index (χ3n) is 2.90. The number of anilines is 1. The smallest absolute Gasteiger partial charge is 0.322 e. The van der Waals surface area contributed by atoms with E-state index in [1.165, 1.54) is 17.0 Å². The fourth-order valence-corrected chi connectivity index (χ4v) is 1.94. The summed E-state index contributed by atoms with van der Waals surface area (Å²) in [6.45, 7) is 9.14.